The van der Waals surface area contributed by atoms with Crippen molar-refractivity contribution in [2.75, 3.05) is 0 Å². The molecule has 0 aromatic heterocycles. The molecule has 19 heavy (non-hydrogen) atoms. The summed E-state index contributed by atoms with van der Waals surface area (Å²) in [5.41, 5.74) is 2.19. The van der Waals surface area contributed by atoms with Crippen LogP contribution in [-0.2, 0) is 0 Å². The molecule has 0 amide bonds. The predicted molar refractivity (Wildman–Crippen MR) is 84.5 cm³/mol. The van der Waals surface area contributed by atoms with Crippen molar-refractivity contribution in [2.24, 2.45) is 5.92 Å². The van der Waals surface area contributed by atoms with Gasteiger partial charge in [-0.3, -0.25) is 0 Å². The third kappa shape index (κ3) is 3.64. The molecule has 0 bridgehead atoms. The fraction of sp³-hybridized carbons (Fsp3) is 0.412. The van der Waals surface area contributed by atoms with Crippen LogP contribution in [0.2, 0.25) is 0 Å². The van der Waals surface area contributed by atoms with Crippen molar-refractivity contribution in [3.63, 3.8) is 0 Å². The highest BCUT2D eigenvalue weighted by Gasteiger charge is 2.37. The second kappa shape index (κ2) is 6.82. The summed E-state index contributed by atoms with van der Waals surface area (Å²) >= 11 is 1.83. The fourth-order valence-corrected chi connectivity index (χ4v) is 3.31. The van der Waals surface area contributed by atoms with Gasteiger partial charge in [0.25, 0.3) is 0 Å². The van der Waals surface area contributed by atoms with E-state index in [2.05, 4.69) is 31.9 Å². The van der Waals surface area contributed by atoms with E-state index in [1.807, 2.05) is 30.7 Å². The zero-order valence-electron chi connectivity index (χ0n) is 11.9. The summed E-state index contributed by atoms with van der Waals surface area (Å²) in [5.74, 6) is 1.92. The Bertz CT molecular complexity index is 476. The Morgan fingerprint density at radius 1 is 1.63 bits per heavy atom. The van der Waals surface area contributed by atoms with Crippen LogP contribution < -0.4 is 0 Å². The zero-order valence-corrected chi connectivity index (χ0v) is 12.7. The first-order valence-corrected chi connectivity index (χ1v) is 7.37. The van der Waals surface area contributed by atoms with Gasteiger partial charge in [0.2, 0.25) is 0 Å². The van der Waals surface area contributed by atoms with E-state index >= 15 is 0 Å². The van der Waals surface area contributed by atoms with Gasteiger partial charge in [0.05, 0.1) is 0 Å². The second-order valence-electron chi connectivity index (χ2n) is 4.87. The van der Waals surface area contributed by atoms with Gasteiger partial charge in [-0.25, -0.2) is 0 Å². The standard InChI is InChI=1S/C17H21FS/c1-6-14(5)17(9-10-19-17)12-13(4)15(7-2)11-16(18)8-3/h3,6,9-11,14H,1,7,12H2,2,4-5H3/b15-13+,16-11+. The Kier molecular flexibility index (Phi) is 5.69. The van der Waals surface area contributed by atoms with E-state index in [9.17, 15) is 4.39 Å². The molecule has 1 aliphatic heterocycles. The van der Waals surface area contributed by atoms with Crippen molar-refractivity contribution in [1.29, 1.82) is 0 Å². The minimum absolute atomic E-state index is 0.0761. The molecule has 2 unspecified atom stereocenters. The molecule has 2 heteroatoms. The van der Waals surface area contributed by atoms with Crippen LogP contribution in [0.15, 0.2) is 47.2 Å². The Labute approximate surface area is 120 Å². The van der Waals surface area contributed by atoms with E-state index in [0.29, 0.717) is 5.92 Å². The molecule has 0 saturated heterocycles. The van der Waals surface area contributed by atoms with Crippen molar-refractivity contribution in [1.82, 2.24) is 0 Å². The first-order valence-electron chi connectivity index (χ1n) is 6.49. The zero-order chi connectivity index (χ0) is 14.5. The molecule has 2 atom stereocenters. The number of thioether (sulfide) groups is 1. The highest BCUT2D eigenvalue weighted by atomic mass is 32.2. The van der Waals surface area contributed by atoms with Gasteiger partial charge in [-0.1, -0.05) is 31.6 Å². The van der Waals surface area contributed by atoms with Crippen molar-refractivity contribution in [3.8, 4) is 12.3 Å². The third-order valence-electron chi connectivity index (χ3n) is 3.67. The van der Waals surface area contributed by atoms with Crippen LogP contribution in [0.3, 0.4) is 0 Å². The van der Waals surface area contributed by atoms with Crippen molar-refractivity contribution in [2.45, 2.75) is 38.4 Å². The minimum atomic E-state index is -0.501. The summed E-state index contributed by atoms with van der Waals surface area (Å²) < 4.78 is 13.3. The van der Waals surface area contributed by atoms with Crippen LogP contribution in [0.5, 0.6) is 0 Å². The quantitative estimate of drug-likeness (QED) is 0.355. The normalized spacial score (nSPS) is 25.1. The van der Waals surface area contributed by atoms with Crippen LogP contribution in [0, 0.1) is 18.3 Å². The van der Waals surface area contributed by atoms with E-state index in [-0.39, 0.29) is 4.75 Å². The van der Waals surface area contributed by atoms with Gasteiger partial charge in [-0.15, -0.1) is 24.8 Å². The van der Waals surface area contributed by atoms with Crippen LogP contribution in [0.1, 0.15) is 33.6 Å². The Balaban J connectivity index is 2.99. The monoisotopic (exact) mass is 276 g/mol. The molecule has 0 aromatic carbocycles. The molecular formula is C17H21FS. The van der Waals surface area contributed by atoms with Gasteiger partial charge in [0.1, 0.15) is 0 Å². The summed E-state index contributed by atoms with van der Waals surface area (Å²) in [7, 11) is 0. The summed E-state index contributed by atoms with van der Waals surface area (Å²) in [6.45, 7) is 10.1. The largest absolute Gasteiger partial charge is 0.197 e. The maximum atomic E-state index is 13.2. The lowest BCUT2D eigenvalue weighted by Gasteiger charge is -2.39. The van der Waals surface area contributed by atoms with E-state index in [1.54, 1.807) is 0 Å². The molecular weight excluding hydrogens is 255 g/mol. The number of halogens is 1. The first-order chi connectivity index (χ1) is 8.99. The van der Waals surface area contributed by atoms with Crippen LogP contribution in [-0.4, -0.2) is 4.75 Å². The SMILES string of the molecule is C#C/C(F)=C\C(CC)=C(/C)CC1(C(C)C=C)C=CS1. The average molecular weight is 276 g/mol. The topological polar surface area (TPSA) is 0 Å². The lowest BCUT2D eigenvalue weighted by Crippen LogP contribution is -2.33. The average Bonchev–Trinajstić information content (AvgIpc) is 2.38. The Morgan fingerprint density at radius 2 is 2.26 bits per heavy atom. The van der Waals surface area contributed by atoms with Crippen molar-refractivity contribution >= 4 is 11.8 Å². The number of rotatable bonds is 6. The predicted octanol–water partition coefficient (Wildman–Crippen LogP) is 5.41. The highest BCUT2D eigenvalue weighted by molar-refractivity contribution is 8.05. The molecule has 0 aliphatic carbocycles. The number of terminal acetylenes is 1. The maximum absolute atomic E-state index is 13.2. The molecule has 1 heterocycles. The molecule has 1 aliphatic rings. The molecule has 0 aromatic rings. The Morgan fingerprint density at radius 3 is 2.63 bits per heavy atom. The molecule has 0 N–H and O–H groups in total. The number of hydrogen-bond donors (Lipinski definition) is 0. The van der Waals surface area contributed by atoms with Gasteiger partial charge in [-0.05, 0) is 48.7 Å². The van der Waals surface area contributed by atoms with Gasteiger partial charge in [0, 0.05) is 4.75 Å². The van der Waals surface area contributed by atoms with Gasteiger partial charge < -0.3 is 0 Å². The molecule has 0 fully saturated rings. The van der Waals surface area contributed by atoms with Gasteiger partial charge in [0.15, 0.2) is 5.83 Å². The lowest BCUT2D eigenvalue weighted by molar-refractivity contribution is 0.548. The molecule has 1 rings (SSSR count). The molecule has 0 nitrogen and oxygen atoms in total. The van der Waals surface area contributed by atoms with E-state index < -0.39 is 5.83 Å². The fourth-order valence-electron chi connectivity index (χ4n) is 2.21. The number of hydrogen-bond acceptors (Lipinski definition) is 1. The highest BCUT2D eigenvalue weighted by Crippen LogP contribution is 2.48. The molecule has 0 spiro atoms. The van der Waals surface area contributed by atoms with E-state index in [0.717, 1.165) is 18.4 Å². The first kappa shape index (κ1) is 15.9. The summed E-state index contributed by atoms with van der Waals surface area (Å²) in [6.07, 6.45) is 12.4. The summed E-state index contributed by atoms with van der Waals surface area (Å²) in [4.78, 5) is 0. The van der Waals surface area contributed by atoms with Crippen LogP contribution in [0.4, 0.5) is 4.39 Å². The lowest BCUT2D eigenvalue weighted by atomic mass is 9.85. The van der Waals surface area contributed by atoms with Crippen molar-refractivity contribution in [3.05, 3.63) is 47.2 Å². The smallest absolute Gasteiger partial charge is 0.173 e. The van der Waals surface area contributed by atoms with Gasteiger partial charge >= 0.3 is 0 Å². The van der Waals surface area contributed by atoms with Crippen LogP contribution >= 0.6 is 11.8 Å². The van der Waals surface area contributed by atoms with Crippen molar-refractivity contribution < 1.29 is 4.39 Å². The van der Waals surface area contributed by atoms with Crippen LogP contribution in [0.25, 0.3) is 0 Å². The van der Waals surface area contributed by atoms with E-state index in [4.69, 9.17) is 6.42 Å². The summed E-state index contributed by atoms with van der Waals surface area (Å²) in [6, 6.07) is 0. The molecule has 0 radical (unpaired) electrons. The minimum Gasteiger partial charge on any atom is -0.197 e. The number of allylic oxidation sites excluding steroid dienone is 5. The maximum Gasteiger partial charge on any atom is 0.173 e. The molecule has 0 saturated carbocycles. The Hall–Kier alpha value is -1.20. The molecule has 102 valence electrons. The van der Waals surface area contributed by atoms with E-state index in [1.165, 1.54) is 11.6 Å². The second-order valence-corrected chi connectivity index (χ2v) is 6.14. The third-order valence-corrected chi connectivity index (χ3v) is 5.03. The van der Waals surface area contributed by atoms with Gasteiger partial charge in [-0.2, -0.15) is 4.39 Å². The summed E-state index contributed by atoms with van der Waals surface area (Å²) in [5, 5.41) is 2.11.